The van der Waals surface area contributed by atoms with Crippen LogP contribution < -0.4 is 0 Å². The second-order valence-corrected chi connectivity index (χ2v) is 4.66. The summed E-state index contributed by atoms with van der Waals surface area (Å²) in [6, 6.07) is 0. The molecule has 0 aromatic carbocycles. The number of Topliss-reactive ketones (excluding diaryl/α,β-unsaturated/α-hetero) is 1. The van der Waals surface area contributed by atoms with Gasteiger partial charge < -0.3 is 0 Å². The van der Waals surface area contributed by atoms with Gasteiger partial charge in [-0.2, -0.15) is 0 Å². The lowest BCUT2D eigenvalue weighted by Crippen LogP contribution is -2.34. The average Bonchev–Trinajstić information content (AvgIpc) is 2.04. The minimum absolute atomic E-state index is 0.468. The van der Waals surface area contributed by atoms with E-state index in [1.807, 2.05) is 0 Å². The van der Waals surface area contributed by atoms with Gasteiger partial charge in [-0.1, -0.05) is 19.8 Å². The Morgan fingerprint density at radius 1 is 1.25 bits per heavy atom. The van der Waals surface area contributed by atoms with Gasteiger partial charge in [-0.3, -0.25) is 4.79 Å². The topological polar surface area (TPSA) is 17.1 Å². The Labute approximate surface area is 74.5 Å². The first-order valence-corrected chi connectivity index (χ1v) is 5.30. The first-order valence-electron chi connectivity index (χ1n) is 5.30. The van der Waals surface area contributed by atoms with E-state index < -0.39 is 0 Å². The van der Waals surface area contributed by atoms with Gasteiger partial charge in [0.15, 0.2) is 0 Å². The smallest absolute Gasteiger partial charge is 0.136 e. The lowest BCUT2D eigenvalue weighted by Gasteiger charge is -2.36. The molecule has 0 amide bonds. The third kappa shape index (κ3) is 1.41. The van der Waals surface area contributed by atoms with Crippen LogP contribution in [0.5, 0.6) is 0 Å². The van der Waals surface area contributed by atoms with Crippen molar-refractivity contribution < 1.29 is 4.79 Å². The predicted octanol–water partition coefficient (Wildman–Crippen LogP) is 2.79. The van der Waals surface area contributed by atoms with Crippen molar-refractivity contribution in [3.05, 3.63) is 0 Å². The molecule has 2 aliphatic carbocycles. The standard InChI is InChI=1S/C11H18O/c1-8-6-9-4-2-3-5-10(9)11(12)7-8/h8-10H,2-7H2,1H3/t8-,9-,10+/m1/s1. The fraction of sp³-hybridized carbons (Fsp3) is 0.909. The number of rotatable bonds is 0. The van der Waals surface area contributed by atoms with Crippen molar-refractivity contribution in [3.8, 4) is 0 Å². The number of ketones is 1. The van der Waals surface area contributed by atoms with Crippen LogP contribution in [0.4, 0.5) is 0 Å². The van der Waals surface area contributed by atoms with E-state index in [1.165, 1.54) is 32.1 Å². The lowest BCUT2D eigenvalue weighted by molar-refractivity contribution is -0.129. The molecule has 68 valence electrons. The van der Waals surface area contributed by atoms with Gasteiger partial charge in [0.2, 0.25) is 0 Å². The van der Waals surface area contributed by atoms with E-state index in [0.29, 0.717) is 17.6 Å². The third-order valence-corrected chi connectivity index (χ3v) is 3.58. The van der Waals surface area contributed by atoms with E-state index in [0.717, 1.165) is 12.3 Å². The van der Waals surface area contributed by atoms with Gasteiger partial charge in [-0.25, -0.2) is 0 Å². The highest BCUT2D eigenvalue weighted by atomic mass is 16.1. The maximum atomic E-state index is 11.6. The molecule has 1 heteroatoms. The minimum atomic E-state index is 0.468. The second-order valence-electron chi connectivity index (χ2n) is 4.66. The SMILES string of the molecule is C[C@H]1CC(=O)[C@H]2CCCC[C@@H]2C1. The Bertz CT molecular complexity index is 185. The Hall–Kier alpha value is -0.330. The van der Waals surface area contributed by atoms with Crippen LogP contribution in [0.1, 0.15) is 45.4 Å². The molecule has 0 aromatic rings. The normalized spacial score (nSPS) is 42.4. The molecule has 2 saturated carbocycles. The largest absolute Gasteiger partial charge is 0.299 e. The molecular formula is C11H18O. The Morgan fingerprint density at radius 3 is 2.83 bits per heavy atom. The molecule has 12 heavy (non-hydrogen) atoms. The van der Waals surface area contributed by atoms with Crippen LogP contribution in [0.15, 0.2) is 0 Å². The summed E-state index contributed by atoms with van der Waals surface area (Å²) in [5, 5.41) is 0. The first kappa shape index (κ1) is 8.28. The molecule has 2 rings (SSSR count). The van der Waals surface area contributed by atoms with Crippen LogP contribution in [-0.2, 0) is 4.79 Å². The number of fused-ring (bicyclic) bond motifs is 1. The van der Waals surface area contributed by atoms with E-state index in [1.54, 1.807) is 0 Å². The highest BCUT2D eigenvalue weighted by Crippen LogP contribution is 2.40. The molecule has 0 unspecified atom stereocenters. The lowest BCUT2D eigenvalue weighted by atomic mass is 9.67. The van der Waals surface area contributed by atoms with Gasteiger partial charge in [0.25, 0.3) is 0 Å². The van der Waals surface area contributed by atoms with Crippen LogP contribution in [-0.4, -0.2) is 5.78 Å². The van der Waals surface area contributed by atoms with Crippen molar-refractivity contribution in [2.24, 2.45) is 17.8 Å². The second kappa shape index (κ2) is 3.20. The summed E-state index contributed by atoms with van der Waals surface area (Å²) >= 11 is 0. The minimum Gasteiger partial charge on any atom is -0.299 e. The summed E-state index contributed by atoms with van der Waals surface area (Å²) in [6.45, 7) is 2.22. The van der Waals surface area contributed by atoms with Crippen LogP contribution in [0.2, 0.25) is 0 Å². The molecule has 0 spiro atoms. The molecule has 0 aliphatic heterocycles. The molecular weight excluding hydrogens is 148 g/mol. The van der Waals surface area contributed by atoms with Gasteiger partial charge in [-0.15, -0.1) is 0 Å². The number of hydrogen-bond donors (Lipinski definition) is 0. The van der Waals surface area contributed by atoms with Crippen LogP contribution in [0, 0.1) is 17.8 Å². The quantitative estimate of drug-likeness (QED) is 0.541. The van der Waals surface area contributed by atoms with E-state index in [4.69, 9.17) is 0 Å². The Kier molecular flexibility index (Phi) is 2.20. The molecule has 2 fully saturated rings. The van der Waals surface area contributed by atoms with Gasteiger partial charge in [0.05, 0.1) is 0 Å². The van der Waals surface area contributed by atoms with Crippen molar-refractivity contribution in [1.29, 1.82) is 0 Å². The monoisotopic (exact) mass is 166 g/mol. The molecule has 3 atom stereocenters. The highest BCUT2D eigenvalue weighted by molar-refractivity contribution is 5.82. The van der Waals surface area contributed by atoms with E-state index in [2.05, 4.69) is 6.92 Å². The molecule has 0 saturated heterocycles. The summed E-state index contributed by atoms with van der Waals surface area (Å²) in [7, 11) is 0. The van der Waals surface area contributed by atoms with Crippen molar-refractivity contribution in [2.45, 2.75) is 45.4 Å². The Balaban J connectivity index is 2.06. The molecule has 0 N–H and O–H groups in total. The van der Waals surface area contributed by atoms with Crippen molar-refractivity contribution in [2.75, 3.05) is 0 Å². The zero-order valence-corrected chi connectivity index (χ0v) is 7.88. The molecule has 0 heterocycles. The zero-order valence-electron chi connectivity index (χ0n) is 7.88. The van der Waals surface area contributed by atoms with E-state index in [-0.39, 0.29) is 0 Å². The zero-order chi connectivity index (χ0) is 8.55. The molecule has 2 aliphatic rings. The van der Waals surface area contributed by atoms with Crippen LogP contribution >= 0.6 is 0 Å². The van der Waals surface area contributed by atoms with E-state index >= 15 is 0 Å². The summed E-state index contributed by atoms with van der Waals surface area (Å²) in [4.78, 5) is 11.6. The summed E-state index contributed by atoms with van der Waals surface area (Å²) < 4.78 is 0. The van der Waals surface area contributed by atoms with Gasteiger partial charge in [0.1, 0.15) is 5.78 Å². The predicted molar refractivity (Wildman–Crippen MR) is 48.9 cm³/mol. The third-order valence-electron chi connectivity index (χ3n) is 3.58. The average molecular weight is 166 g/mol. The van der Waals surface area contributed by atoms with Crippen molar-refractivity contribution in [3.63, 3.8) is 0 Å². The molecule has 0 radical (unpaired) electrons. The summed E-state index contributed by atoms with van der Waals surface area (Å²) in [5.74, 6) is 2.46. The van der Waals surface area contributed by atoms with Crippen LogP contribution in [0.25, 0.3) is 0 Å². The maximum absolute atomic E-state index is 11.6. The van der Waals surface area contributed by atoms with Gasteiger partial charge in [0, 0.05) is 12.3 Å². The van der Waals surface area contributed by atoms with Crippen molar-refractivity contribution >= 4 is 5.78 Å². The van der Waals surface area contributed by atoms with Gasteiger partial charge in [-0.05, 0) is 31.1 Å². The number of carbonyl (C=O) groups is 1. The van der Waals surface area contributed by atoms with Crippen molar-refractivity contribution in [1.82, 2.24) is 0 Å². The summed E-state index contributed by atoms with van der Waals surface area (Å²) in [6.07, 6.45) is 7.34. The van der Waals surface area contributed by atoms with E-state index in [9.17, 15) is 4.79 Å². The summed E-state index contributed by atoms with van der Waals surface area (Å²) in [5.41, 5.74) is 0. The highest BCUT2D eigenvalue weighted by Gasteiger charge is 2.35. The molecule has 0 aromatic heterocycles. The van der Waals surface area contributed by atoms with Gasteiger partial charge >= 0.3 is 0 Å². The number of carbonyl (C=O) groups excluding carboxylic acids is 1. The maximum Gasteiger partial charge on any atom is 0.136 e. The van der Waals surface area contributed by atoms with Crippen LogP contribution in [0.3, 0.4) is 0 Å². The molecule has 1 nitrogen and oxygen atoms in total. The fourth-order valence-electron chi connectivity index (χ4n) is 3.01. The fourth-order valence-corrected chi connectivity index (χ4v) is 3.01. The molecule has 0 bridgehead atoms. The first-order chi connectivity index (χ1) is 5.77. The number of hydrogen-bond acceptors (Lipinski definition) is 1. The Morgan fingerprint density at radius 2 is 2.00 bits per heavy atom.